The Morgan fingerprint density at radius 3 is 2.29 bits per heavy atom. The first kappa shape index (κ1) is 22.8. The summed E-state index contributed by atoms with van der Waals surface area (Å²) in [5.74, 6) is 0.647. The van der Waals surface area contributed by atoms with Gasteiger partial charge in [0.05, 0.1) is 25.6 Å². The lowest BCUT2D eigenvalue weighted by molar-refractivity contribution is -0.125. The number of carbonyl (C=O) groups is 2. The predicted molar refractivity (Wildman–Crippen MR) is 118 cm³/mol. The second-order valence-electron chi connectivity index (χ2n) is 7.59. The minimum Gasteiger partial charge on any atom is -0.497 e. The van der Waals surface area contributed by atoms with Gasteiger partial charge in [0, 0.05) is 32.6 Å². The lowest BCUT2D eigenvalue weighted by Gasteiger charge is -2.36. The Morgan fingerprint density at radius 2 is 1.68 bits per heavy atom. The molecule has 0 unspecified atom stereocenters. The highest BCUT2D eigenvalue weighted by atomic mass is 16.5. The summed E-state index contributed by atoms with van der Waals surface area (Å²) < 4.78 is 15.7. The van der Waals surface area contributed by atoms with Crippen LogP contribution in [-0.2, 0) is 30.9 Å². The van der Waals surface area contributed by atoms with E-state index >= 15 is 0 Å². The molecule has 1 heterocycles. The number of anilines is 1. The Morgan fingerprint density at radius 1 is 1.00 bits per heavy atom. The number of hydrogen-bond acceptors (Lipinski definition) is 5. The van der Waals surface area contributed by atoms with E-state index in [0.29, 0.717) is 44.9 Å². The number of nitrogens with one attached hydrogen (secondary N) is 2. The van der Waals surface area contributed by atoms with Crippen LogP contribution in [0.2, 0.25) is 0 Å². The van der Waals surface area contributed by atoms with E-state index in [9.17, 15) is 9.59 Å². The summed E-state index contributed by atoms with van der Waals surface area (Å²) in [6, 6.07) is 15.0. The van der Waals surface area contributed by atoms with E-state index < -0.39 is 5.41 Å². The number of benzene rings is 2. The third-order valence-electron chi connectivity index (χ3n) is 5.63. The van der Waals surface area contributed by atoms with Gasteiger partial charge in [-0.25, -0.2) is 0 Å². The van der Waals surface area contributed by atoms with Gasteiger partial charge in [-0.2, -0.15) is 0 Å². The number of amides is 2. The summed E-state index contributed by atoms with van der Waals surface area (Å²) in [7, 11) is 3.22. The first-order valence-electron chi connectivity index (χ1n) is 10.5. The monoisotopic (exact) mass is 426 g/mol. The highest BCUT2D eigenvalue weighted by Crippen LogP contribution is 2.37. The van der Waals surface area contributed by atoms with E-state index in [1.165, 1.54) is 0 Å². The molecule has 0 aliphatic carbocycles. The minimum absolute atomic E-state index is 0.0500. The molecule has 1 fully saturated rings. The quantitative estimate of drug-likeness (QED) is 0.602. The zero-order valence-electron chi connectivity index (χ0n) is 18.1. The lowest BCUT2D eigenvalue weighted by atomic mass is 9.73. The first-order valence-corrected chi connectivity index (χ1v) is 10.5. The number of hydrogen-bond donors (Lipinski definition) is 2. The average Bonchev–Trinajstić information content (AvgIpc) is 2.81. The van der Waals surface area contributed by atoms with Crippen LogP contribution in [0.3, 0.4) is 0 Å². The van der Waals surface area contributed by atoms with Crippen LogP contribution in [-0.4, -0.2) is 52.4 Å². The summed E-state index contributed by atoms with van der Waals surface area (Å²) in [5.41, 5.74) is 1.89. The smallest absolute Gasteiger partial charge is 0.235 e. The van der Waals surface area contributed by atoms with Gasteiger partial charge in [-0.05, 0) is 48.2 Å². The van der Waals surface area contributed by atoms with Crippen molar-refractivity contribution in [2.75, 3.05) is 45.9 Å². The minimum atomic E-state index is -0.648. The SMILES string of the molecule is COCCNC(=O)Cc1ccc(NC(=O)C2(c3ccc(OC)cc3)CCOCC2)cc1. The van der Waals surface area contributed by atoms with Crippen LogP contribution < -0.4 is 15.4 Å². The maximum Gasteiger partial charge on any atom is 0.235 e. The van der Waals surface area contributed by atoms with Crippen LogP contribution in [0.25, 0.3) is 0 Å². The van der Waals surface area contributed by atoms with Crippen LogP contribution in [0, 0.1) is 0 Å². The maximum absolute atomic E-state index is 13.4. The predicted octanol–water partition coefficient (Wildman–Crippen LogP) is 2.69. The molecule has 2 amide bonds. The molecule has 2 aromatic carbocycles. The molecule has 2 aromatic rings. The van der Waals surface area contributed by atoms with E-state index in [4.69, 9.17) is 14.2 Å². The summed E-state index contributed by atoms with van der Waals surface area (Å²) >= 11 is 0. The van der Waals surface area contributed by atoms with Crippen LogP contribution in [0.1, 0.15) is 24.0 Å². The first-order chi connectivity index (χ1) is 15.1. The van der Waals surface area contributed by atoms with Gasteiger partial charge >= 0.3 is 0 Å². The van der Waals surface area contributed by atoms with E-state index in [-0.39, 0.29) is 18.2 Å². The van der Waals surface area contributed by atoms with Crippen molar-refractivity contribution < 1.29 is 23.8 Å². The summed E-state index contributed by atoms with van der Waals surface area (Å²) in [6.45, 7) is 2.05. The Bertz CT molecular complexity index is 859. The molecule has 31 heavy (non-hydrogen) atoms. The highest BCUT2D eigenvalue weighted by Gasteiger charge is 2.41. The van der Waals surface area contributed by atoms with Crippen LogP contribution in [0.5, 0.6) is 5.75 Å². The van der Waals surface area contributed by atoms with Gasteiger partial charge in [0.15, 0.2) is 0 Å². The van der Waals surface area contributed by atoms with Gasteiger partial charge in [0.2, 0.25) is 11.8 Å². The standard InChI is InChI=1S/C24H30N2O5/c1-29-16-13-25-22(27)17-18-3-7-20(8-4-18)26-23(28)24(11-14-31-15-12-24)19-5-9-21(30-2)10-6-19/h3-10H,11-17H2,1-2H3,(H,25,27)(H,26,28). The summed E-state index contributed by atoms with van der Waals surface area (Å²) in [5, 5.41) is 5.86. The van der Waals surface area contributed by atoms with E-state index in [1.807, 2.05) is 48.5 Å². The topological polar surface area (TPSA) is 85.9 Å². The fourth-order valence-corrected chi connectivity index (χ4v) is 3.77. The van der Waals surface area contributed by atoms with E-state index in [2.05, 4.69) is 10.6 Å². The molecule has 0 spiro atoms. The third-order valence-corrected chi connectivity index (χ3v) is 5.63. The number of ether oxygens (including phenoxy) is 3. The molecular formula is C24H30N2O5. The molecule has 7 heteroatoms. The van der Waals surface area contributed by atoms with Gasteiger partial charge in [-0.1, -0.05) is 24.3 Å². The van der Waals surface area contributed by atoms with Crippen molar-refractivity contribution in [2.24, 2.45) is 0 Å². The summed E-state index contributed by atoms with van der Waals surface area (Å²) in [4.78, 5) is 25.3. The molecule has 166 valence electrons. The molecule has 0 bridgehead atoms. The normalized spacial score (nSPS) is 15.2. The second-order valence-corrected chi connectivity index (χ2v) is 7.59. The van der Waals surface area contributed by atoms with Crippen molar-refractivity contribution in [3.8, 4) is 5.75 Å². The molecular weight excluding hydrogens is 396 g/mol. The van der Waals surface area contributed by atoms with Gasteiger partial charge in [0.1, 0.15) is 5.75 Å². The fourth-order valence-electron chi connectivity index (χ4n) is 3.77. The maximum atomic E-state index is 13.4. The van der Waals surface area contributed by atoms with Crippen molar-refractivity contribution in [3.63, 3.8) is 0 Å². The van der Waals surface area contributed by atoms with Crippen molar-refractivity contribution in [2.45, 2.75) is 24.7 Å². The van der Waals surface area contributed by atoms with Gasteiger partial charge in [-0.15, -0.1) is 0 Å². The average molecular weight is 427 g/mol. The van der Waals surface area contributed by atoms with E-state index in [0.717, 1.165) is 16.9 Å². The van der Waals surface area contributed by atoms with Crippen LogP contribution in [0.4, 0.5) is 5.69 Å². The van der Waals surface area contributed by atoms with Crippen LogP contribution in [0.15, 0.2) is 48.5 Å². The highest BCUT2D eigenvalue weighted by molar-refractivity contribution is 5.99. The molecule has 1 aliphatic rings. The van der Waals surface area contributed by atoms with Crippen molar-refractivity contribution in [1.29, 1.82) is 0 Å². The molecule has 0 atom stereocenters. The molecule has 3 rings (SSSR count). The Labute approximate surface area is 183 Å². The van der Waals surface area contributed by atoms with Gasteiger partial charge < -0.3 is 24.8 Å². The van der Waals surface area contributed by atoms with Crippen molar-refractivity contribution >= 4 is 17.5 Å². The van der Waals surface area contributed by atoms with Gasteiger partial charge in [0.25, 0.3) is 0 Å². The molecule has 7 nitrogen and oxygen atoms in total. The third kappa shape index (κ3) is 5.83. The summed E-state index contributed by atoms with van der Waals surface area (Å²) in [6.07, 6.45) is 1.51. The molecule has 0 radical (unpaired) electrons. The largest absolute Gasteiger partial charge is 0.497 e. The van der Waals surface area contributed by atoms with Crippen molar-refractivity contribution in [3.05, 3.63) is 59.7 Å². The molecule has 1 saturated heterocycles. The Balaban J connectivity index is 1.68. The second kappa shape index (κ2) is 10.9. The zero-order chi connectivity index (χ0) is 22.1. The molecule has 0 aromatic heterocycles. The Kier molecular flexibility index (Phi) is 8.03. The van der Waals surface area contributed by atoms with Crippen LogP contribution >= 0.6 is 0 Å². The van der Waals surface area contributed by atoms with E-state index in [1.54, 1.807) is 14.2 Å². The Hall–Kier alpha value is -2.90. The number of methoxy groups -OCH3 is 2. The molecule has 1 aliphatic heterocycles. The molecule has 0 saturated carbocycles. The lowest BCUT2D eigenvalue weighted by Crippen LogP contribution is -2.44. The fraction of sp³-hybridized carbons (Fsp3) is 0.417. The number of rotatable bonds is 9. The van der Waals surface area contributed by atoms with Crippen molar-refractivity contribution in [1.82, 2.24) is 5.32 Å². The van der Waals surface area contributed by atoms with Gasteiger partial charge in [-0.3, -0.25) is 9.59 Å². The zero-order valence-corrected chi connectivity index (χ0v) is 18.1. The number of carbonyl (C=O) groups excluding carboxylic acids is 2. The molecule has 2 N–H and O–H groups in total.